The number of nitrogens with zero attached hydrogens (tertiary/aromatic N) is 3. The maximum absolute atomic E-state index is 6.14. The number of hydrogen-bond donors (Lipinski definition) is 2. The van der Waals surface area contributed by atoms with Crippen LogP contribution in [0.25, 0.3) is 5.65 Å². The topological polar surface area (TPSA) is 68.2 Å². The van der Waals surface area contributed by atoms with E-state index in [1.54, 1.807) is 6.20 Å². The van der Waals surface area contributed by atoms with Crippen LogP contribution in [0.5, 0.6) is 0 Å². The highest BCUT2D eigenvalue weighted by Crippen LogP contribution is 2.40. The van der Waals surface area contributed by atoms with Crippen LogP contribution in [0, 0.1) is 0 Å². The SMILES string of the molecule is Nc1cc(C2CC2)cn2cc(CNc3ccnc(Br)c3)nc12. The van der Waals surface area contributed by atoms with Crippen molar-refractivity contribution in [3.63, 3.8) is 0 Å². The molecule has 4 rings (SSSR count). The lowest BCUT2D eigenvalue weighted by Gasteiger charge is -2.03. The van der Waals surface area contributed by atoms with Crippen LogP contribution in [-0.4, -0.2) is 14.4 Å². The molecule has 3 N–H and O–H groups in total. The number of nitrogen functional groups attached to an aromatic ring is 1. The number of halogens is 1. The molecule has 6 heteroatoms. The smallest absolute Gasteiger partial charge is 0.160 e. The Hall–Kier alpha value is -2.08. The molecule has 0 aliphatic heterocycles. The number of nitrogens with one attached hydrogen (secondary N) is 1. The minimum atomic E-state index is 0.649. The Bertz CT molecular complexity index is 838. The summed E-state index contributed by atoms with van der Waals surface area (Å²) >= 11 is 3.37. The van der Waals surface area contributed by atoms with Gasteiger partial charge >= 0.3 is 0 Å². The number of anilines is 2. The highest BCUT2D eigenvalue weighted by Gasteiger charge is 2.24. The highest BCUT2D eigenvalue weighted by atomic mass is 79.9. The van der Waals surface area contributed by atoms with Crippen molar-refractivity contribution in [3.8, 4) is 0 Å². The van der Waals surface area contributed by atoms with Crippen molar-refractivity contribution in [2.45, 2.75) is 25.3 Å². The Kier molecular flexibility index (Phi) is 3.26. The summed E-state index contributed by atoms with van der Waals surface area (Å²) in [4.78, 5) is 8.73. The Balaban J connectivity index is 1.58. The van der Waals surface area contributed by atoms with Gasteiger partial charge < -0.3 is 15.5 Å². The van der Waals surface area contributed by atoms with E-state index in [0.29, 0.717) is 12.5 Å². The maximum Gasteiger partial charge on any atom is 0.160 e. The van der Waals surface area contributed by atoms with Crippen molar-refractivity contribution in [3.05, 3.63) is 52.7 Å². The Labute approximate surface area is 136 Å². The van der Waals surface area contributed by atoms with E-state index in [-0.39, 0.29) is 0 Å². The number of pyridine rings is 2. The van der Waals surface area contributed by atoms with Gasteiger partial charge in [0.1, 0.15) is 4.60 Å². The number of rotatable bonds is 4. The first kappa shape index (κ1) is 13.6. The van der Waals surface area contributed by atoms with Crippen molar-refractivity contribution in [2.75, 3.05) is 11.1 Å². The summed E-state index contributed by atoms with van der Waals surface area (Å²) in [6.07, 6.45) is 8.50. The Morgan fingerprint density at radius 2 is 2.18 bits per heavy atom. The number of nitrogens with two attached hydrogens (primary N) is 1. The van der Waals surface area contributed by atoms with Crippen LogP contribution >= 0.6 is 15.9 Å². The Morgan fingerprint density at radius 1 is 1.32 bits per heavy atom. The molecule has 0 saturated heterocycles. The molecule has 0 amide bonds. The van der Waals surface area contributed by atoms with Gasteiger partial charge in [-0.25, -0.2) is 9.97 Å². The van der Waals surface area contributed by atoms with Gasteiger partial charge in [-0.2, -0.15) is 0 Å². The first-order valence-corrected chi connectivity index (χ1v) is 8.11. The predicted molar refractivity (Wildman–Crippen MR) is 90.8 cm³/mol. The molecule has 3 heterocycles. The first-order valence-electron chi connectivity index (χ1n) is 7.31. The summed E-state index contributed by atoms with van der Waals surface area (Å²) in [6, 6.07) is 5.94. The van der Waals surface area contributed by atoms with Gasteiger partial charge in [0.05, 0.1) is 17.9 Å². The number of hydrogen-bond acceptors (Lipinski definition) is 4. The van der Waals surface area contributed by atoms with Crippen molar-refractivity contribution in [1.29, 1.82) is 0 Å². The van der Waals surface area contributed by atoms with Crippen LogP contribution in [0.2, 0.25) is 0 Å². The fourth-order valence-electron chi connectivity index (χ4n) is 2.63. The molecule has 1 saturated carbocycles. The second-order valence-electron chi connectivity index (χ2n) is 5.69. The molecule has 1 aliphatic rings. The van der Waals surface area contributed by atoms with E-state index in [9.17, 15) is 0 Å². The summed E-state index contributed by atoms with van der Waals surface area (Å²) < 4.78 is 2.86. The van der Waals surface area contributed by atoms with E-state index in [1.807, 2.05) is 22.7 Å². The molecule has 0 aromatic carbocycles. The first-order chi connectivity index (χ1) is 10.7. The molecule has 0 bridgehead atoms. The fourth-order valence-corrected chi connectivity index (χ4v) is 2.99. The van der Waals surface area contributed by atoms with Crippen molar-refractivity contribution in [2.24, 2.45) is 0 Å². The van der Waals surface area contributed by atoms with Gasteiger partial charge in [0.15, 0.2) is 5.65 Å². The molecule has 0 atom stereocenters. The summed E-state index contributed by atoms with van der Waals surface area (Å²) in [6.45, 7) is 0.649. The third-order valence-corrected chi connectivity index (χ3v) is 4.33. The number of fused-ring (bicyclic) bond motifs is 1. The van der Waals surface area contributed by atoms with Gasteiger partial charge in [-0.1, -0.05) is 0 Å². The lowest BCUT2D eigenvalue weighted by Crippen LogP contribution is -1.99. The molecule has 22 heavy (non-hydrogen) atoms. The van der Waals surface area contributed by atoms with Crippen molar-refractivity contribution >= 4 is 33.0 Å². The van der Waals surface area contributed by atoms with E-state index < -0.39 is 0 Å². The van der Waals surface area contributed by atoms with Gasteiger partial charge in [0.25, 0.3) is 0 Å². The van der Waals surface area contributed by atoms with Crippen LogP contribution in [0.4, 0.5) is 11.4 Å². The summed E-state index contributed by atoms with van der Waals surface area (Å²) in [7, 11) is 0. The minimum Gasteiger partial charge on any atom is -0.396 e. The van der Waals surface area contributed by atoms with Gasteiger partial charge in [0.2, 0.25) is 0 Å². The molecular weight excluding hydrogens is 342 g/mol. The molecule has 3 aromatic rings. The quantitative estimate of drug-likeness (QED) is 0.700. The molecule has 0 unspecified atom stereocenters. The molecule has 0 radical (unpaired) electrons. The van der Waals surface area contributed by atoms with E-state index in [1.165, 1.54) is 18.4 Å². The highest BCUT2D eigenvalue weighted by molar-refractivity contribution is 9.10. The molecule has 1 fully saturated rings. The van der Waals surface area contributed by atoms with Gasteiger partial charge in [-0.05, 0) is 58.5 Å². The largest absolute Gasteiger partial charge is 0.396 e. The maximum atomic E-state index is 6.14. The number of imidazole rings is 1. The third-order valence-electron chi connectivity index (χ3n) is 3.90. The predicted octanol–water partition coefficient (Wildman–Crippen LogP) is 3.56. The van der Waals surface area contributed by atoms with E-state index in [0.717, 1.165) is 27.3 Å². The monoisotopic (exact) mass is 357 g/mol. The van der Waals surface area contributed by atoms with Gasteiger partial charge in [-0.3, -0.25) is 0 Å². The van der Waals surface area contributed by atoms with Crippen molar-refractivity contribution < 1.29 is 0 Å². The molecule has 3 aromatic heterocycles. The second kappa shape index (κ2) is 5.28. The lowest BCUT2D eigenvalue weighted by molar-refractivity contribution is 1.05. The van der Waals surface area contributed by atoms with Crippen LogP contribution < -0.4 is 11.1 Å². The van der Waals surface area contributed by atoms with Crippen LogP contribution in [0.3, 0.4) is 0 Å². The van der Waals surface area contributed by atoms with E-state index in [4.69, 9.17) is 5.73 Å². The zero-order valence-electron chi connectivity index (χ0n) is 12.0. The average molecular weight is 358 g/mol. The molecule has 112 valence electrons. The van der Waals surface area contributed by atoms with E-state index >= 15 is 0 Å². The van der Waals surface area contributed by atoms with Crippen LogP contribution in [-0.2, 0) is 6.54 Å². The summed E-state index contributed by atoms with van der Waals surface area (Å²) in [5.41, 5.74) is 11.0. The van der Waals surface area contributed by atoms with Crippen LogP contribution in [0.1, 0.15) is 30.0 Å². The standard InChI is InChI=1S/C16H16BrN5/c17-15-6-12(3-4-19-15)20-7-13-9-22-8-11(10-1-2-10)5-14(18)16(22)21-13/h3-6,8-10H,1-2,7,18H2,(H,19,20). The van der Waals surface area contributed by atoms with Crippen LogP contribution in [0.15, 0.2) is 41.4 Å². The summed E-state index contributed by atoms with van der Waals surface area (Å²) in [5.74, 6) is 0.685. The molecular formula is C16H16BrN5. The Morgan fingerprint density at radius 3 is 2.95 bits per heavy atom. The van der Waals surface area contributed by atoms with Gasteiger partial charge in [-0.15, -0.1) is 0 Å². The normalized spacial score (nSPS) is 14.4. The molecule has 5 nitrogen and oxygen atoms in total. The zero-order valence-corrected chi connectivity index (χ0v) is 13.5. The van der Waals surface area contributed by atoms with Gasteiger partial charge in [0, 0.05) is 24.3 Å². The number of aromatic nitrogens is 3. The lowest BCUT2D eigenvalue weighted by atomic mass is 10.2. The molecule has 1 aliphatic carbocycles. The van der Waals surface area contributed by atoms with Crippen molar-refractivity contribution in [1.82, 2.24) is 14.4 Å². The zero-order chi connectivity index (χ0) is 15.1. The van der Waals surface area contributed by atoms with E-state index in [2.05, 4.69) is 43.5 Å². The second-order valence-corrected chi connectivity index (χ2v) is 6.50. The average Bonchev–Trinajstić information content (AvgIpc) is 3.26. The third kappa shape index (κ3) is 2.66. The molecule has 0 spiro atoms. The minimum absolute atomic E-state index is 0.649. The summed E-state index contributed by atoms with van der Waals surface area (Å²) in [5, 5.41) is 3.35. The fraction of sp³-hybridized carbons (Fsp3) is 0.250.